The Morgan fingerprint density at radius 1 is 1.44 bits per heavy atom. The van der Waals surface area contributed by atoms with E-state index >= 15 is 0 Å². The first-order chi connectivity index (χ1) is 7.32. The smallest absolute Gasteiger partial charge is 0.238 e. The van der Waals surface area contributed by atoms with Crippen molar-refractivity contribution < 1.29 is 4.79 Å². The molecule has 0 aromatic heterocycles. The predicted molar refractivity (Wildman–Crippen MR) is 71.8 cm³/mol. The van der Waals surface area contributed by atoms with Gasteiger partial charge in [-0.25, -0.2) is 0 Å². The van der Waals surface area contributed by atoms with Gasteiger partial charge in [0.1, 0.15) is 0 Å². The minimum Gasteiger partial charge on any atom is -0.353 e. The van der Waals surface area contributed by atoms with Crippen molar-refractivity contribution in [2.24, 2.45) is 5.73 Å². The van der Waals surface area contributed by atoms with Gasteiger partial charge in [0.05, 0.1) is 6.04 Å². The van der Waals surface area contributed by atoms with E-state index < -0.39 is 10.8 Å². The number of carbonyl (C=O) groups excluding carboxylic acids is 1. The summed E-state index contributed by atoms with van der Waals surface area (Å²) in [6.45, 7) is 11.4. The minimum absolute atomic E-state index is 0.132. The third-order valence-corrected chi connectivity index (χ3v) is 2.94. The molecule has 0 aliphatic carbocycles. The van der Waals surface area contributed by atoms with Crippen molar-refractivity contribution in [3.8, 4) is 0 Å². The molecule has 0 saturated carbocycles. The lowest BCUT2D eigenvalue weighted by Gasteiger charge is -2.25. The fourth-order valence-corrected chi connectivity index (χ4v) is 1.43. The molecule has 5 heteroatoms. The SMILES string of the molecule is CCN(CC)CCNC(=O)C(N)C(C)(C)S. The monoisotopic (exact) mass is 247 g/mol. The lowest BCUT2D eigenvalue weighted by molar-refractivity contribution is -0.122. The molecule has 1 amide bonds. The number of hydrogen-bond acceptors (Lipinski definition) is 4. The highest BCUT2D eigenvalue weighted by molar-refractivity contribution is 7.81. The average molecular weight is 247 g/mol. The number of nitrogens with two attached hydrogens (primary N) is 1. The summed E-state index contributed by atoms with van der Waals surface area (Å²) in [7, 11) is 0. The Labute approximate surface area is 104 Å². The van der Waals surface area contributed by atoms with Crippen LogP contribution in [0.25, 0.3) is 0 Å². The van der Waals surface area contributed by atoms with Crippen LogP contribution in [-0.4, -0.2) is 47.8 Å². The van der Waals surface area contributed by atoms with E-state index in [1.54, 1.807) is 0 Å². The van der Waals surface area contributed by atoms with Gasteiger partial charge in [-0.1, -0.05) is 13.8 Å². The Kier molecular flexibility index (Phi) is 7.03. The molecular weight excluding hydrogens is 222 g/mol. The molecule has 0 saturated heterocycles. The second-order valence-corrected chi connectivity index (χ2v) is 5.60. The van der Waals surface area contributed by atoms with Crippen molar-refractivity contribution in [2.75, 3.05) is 26.2 Å². The average Bonchev–Trinajstić information content (AvgIpc) is 2.21. The molecule has 3 N–H and O–H groups in total. The Morgan fingerprint density at radius 2 is 1.94 bits per heavy atom. The summed E-state index contributed by atoms with van der Waals surface area (Å²) in [6, 6.07) is -0.576. The van der Waals surface area contributed by atoms with E-state index in [4.69, 9.17) is 5.73 Å². The Morgan fingerprint density at radius 3 is 2.31 bits per heavy atom. The van der Waals surface area contributed by atoms with Gasteiger partial charge in [-0.2, -0.15) is 12.6 Å². The van der Waals surface area contributed by atoms with E-state index in [0.717, 1.165) is 19.6 Å². The number of likely N-dealkylation sites (N-methyl/N-ethyl adjacent to an activating group) is 1. The van der Waals surface area contributed by atoms with Crippen molar-refractivity contribution in [3.05, 3.63) is 0 Å². The zero-order valence-corrected chi connectivity index (χ0v) is 11.7. The van der Waals surface area contributed by atoms with Crippen molar-refractivity contribution in [2.45, 2.75) is 38.5 Å². The molecule has 0 aromatic rings. The zero-order chi connectivity index (χ0) is 12.8. The normalized spacial score (nSPS) is 13.9. The maximum absolute atomic E-state index is 11.6. The van der Waals surface area contributed by atoms with Crippen LogP contribution in [0.1, 0.15) is 27.7 Å². The molecule has 0 radical (unpaired) electrons. The Bertz CT molecular complexity index is 212. The summed E-state index contributed by atoms with van der Waals surface area (Å²) >= 11 is 4.29. The number of nitrogens with one attached hydrogen (secondary N) is 1. The second-order valence-electron chi connectivity index (χ2n) is 4.45. The van der Waals surface area contributed by atoms with E-state index in [1.807, 2.05) is 13.8 Å². The summed E-state index contributed by atoms with van der Waals surface area (Å²) in [4.78, 5) is 13.9. The lowest BCUT2D eigenvalue weighted by atomic mass is 10.0. The summed E-state index contributed by atoms with van der Waals surface area (Å²) < 4.78 is -0.487. The first-order valence-electron chi connectivity index (χ1n) is 5.80. The van der Waals surface area contributed by atoms with Crippen LogP contribution in [0.2, 0.25) is 0 Å². The molecule has 16 heavy (non-hydrogen) atoms. The molecule has 0 aliphatic heterocycles. The number of carbonyl (C=O) groups is 1. The van der Waals surface area contributed by atoms with Crippen LogP contribution < -0.4 is 11.1 Å². The minimum atomic E-state index is -0.576. The van der Waals surface area contributed by atoms with Gasteiger partial charge >= 0.3 is 0 Å². The van der Waals surface area contributed by atoms with E-state index in [-0.39, 0.29) is 5.91 Å². The number of thiol groups is 1. The van der Waals surface area contributed by atoms with Crippen LogP contribution in [0, 0.1) is 0 Å². The fourth-order valence-electron chi connectivity index (χ4n) is 1.31. The predicted octanol–water partition coefficient (Wildman–Crippen LogP) is 0.480. The summed E-state index contributed by atoms with van der Waals surface area (Å²) in [6.07, 6.45) is 0. The highest BCUT2D eigenvalue weighted by Crippen LogP contribution is 2.15. The molecule has 0 rings (SSSR count). The Hall–Kier alpha value is -0.260. The lowest BCUT2D eigenvalue weighted by Crippen LogP contribution is -2.52. The Balaban J connectivity index is 3.90. The number of rotatable bonds is 7. The number of hydrogen-bond donors (Lipinski definition) is 3. The van der Waals surface area contributed by atoms with E-state index in [0.29, 0.717) is 6.54 Å². The third-order valence-electron chi connectivity index (χ3n) is 2.67. The van der Waals surface area contributed by atoms with Crippen LogP contribution in [-0.2, 0) is 4.79 Å². The second kappa shape index (κ2) is 7.14. The van der Waals surface area contributed by atoms with E-state index in [1.165, 1.54) is 0 Å². The van der Waals surface area contributed by atoms with Gasteiger partial charge in [0, 0.05) is 17.8 Å². The zero-order valence-electron chi connectivity index (χ0n) is 10.8. The number of amides is 1. The first kappa shape index (κ1) is 15.7. The molecule has 0 heterocycles. The molecule has 1 atom stereocenters. The highest BCUT2D eigenvalue weighted by Gasteiger charge is 2.28. The molecular formula is C11H25N3OS. The van der Waals surface area contributed by atoms with Gasteiger partial charge in [-0.15, -0.1) is 0 Å². The maximum atomic E-state index is 11.6. The van der Waals surface area contributed by atoms with Crippen molar-refractivity contribution >= 4 is 18.5 Å². The van der Waals surface area contributed by atoms with Crippen LogP contribution in [0.15, 0.2) is 0 Å². The molecule has 0 aromatic carbocycles. The quantitative estimate of drug-likeness (QED) is 0.574. The van der Waals surface area contributed by atoms with Crippen molar-refractivity contribution in [1.82, 2.24) is 10.2 Å². The van der Waals surface area contributed by atoms with Gasteiger partial charge in [0.2, 0.25) is 5.91 Å². The topological polar surface area (TPSA) is 58.4 Å². The van der Waals surface area contributed by atoms with E-state index in [9.17, 15) is 4.79 Å². The van der Waals surface area contributed by atoms with Crippen LogP contribution in [0.4, 0.5) is 0 Å². The summed E-state index contributed by atoms with van der Waals surface area (Å²) in [5.74, 6) is -0.132. The first-order valence-corrected chi connectivity index (χ1v) is 6.25. The summed E-state index contributed by atoms with van der Waals surface area (Å²) in [5, 5.41) is 2.83. The van der Waals surface area contributed by atoms with Gasteiger partial charge < -0.3 is 16.0 Å². The fraction of sp³-hybridized carbons (Fsp3) is 0.909. The molecule has 0 bridgehead atoms. The van der Waals surface area contributed by atoms with Crippen molar-refractivity contribution in [1.29, 1.82) is 0 Å². The van der Waals surface area contributed by atoms with E-state index in [2.05, 4.69) is 36.7 Å². The maximum Gasteiger partial charge on any atom is 0.238 e. The third kappa shape index (κ3) is 5.72. The molecule has 1 unspecified atom stereocenters. The molecule has 4 nitrogen and oxygen atoms in total. The molecule has 0 fully saturated rings. The van der Waals surface area contributed by atoms with Gasteiger partial charge in [0.25, 0.3) is 0 Å². The van der Waals surface area contributed by atoms with Crippen LogP contribution in [0.5, 0.6) is 0 Å². The molecule has 0 aliphatic rings. The standard InChI is InChI=1S/C11H25N3OS/c1-5-14(6-2)8-7-13-10(15)9(12)11(3,4)16/h9,16H,5-8,12H2,1-4H3,(H,13,15). The molecule has 96 valence electrons. The number of nitrogens with zero attached hydrogens (tertiary/aromatic N) is 1. The summed E-state index contributed by atoms with van der Waals surface area (Å²) in [5.41, 5.74) is 5.77. The van der Waals surface area contributed by atoms with Gasteiger partial charge in [-0.05, 0) is 26.9 Å². The molecule has 0 spiro atoms. The highest BCUT2D eigenvalue weighted by atomic mass is 32.1. The largest absolute Gasteiger partial charge is 0.353 e. The van der Waals surface area contributed by atoms with Crippen molar-refractivity contribution in [3.63, 3.8) is 0 Å². The van der Waals surface area contributed by atoms with Crippen LogP contribution >= 0.6 is 12.6 Å². The van der Waals surface area contributed by atoms with Gasteiger partial charge in [-0.3, -0.25) is 4.79 Å². The van der Waals surface area contributed by atoms with Crippen LogP contribution in [0.3, 0.4) is 0 Å². The van der Waals surface area contributed by atoms with Gasteiger partial charge in [0.15, 0.2) is 0 Å².